The Hall–Kier alpha value is -2.78. The smallest absolute Gasteiger partial charge is 0.485 e. The van der Waals surface area contributed by atoms with Gasteiger partial charge >= 0.3 is 11.0 Å². The number of fused-ring (bicyclic) bond motifs is 1. The second kappa shape index (κ2) is 11.5. The molecule has 0 radical (unpaired) electrons. The third-order valence-corrected chi connectivity index (χ3v) is 7.25. The van der Waals surface area contributed by atoms with Gasteiger partial charge in [-0.25, -0.2) is 35.9 Å². The Kier molecular flexibility index (Phi) is 9.54. The van der Waals surface area contributed by atoms with Gasteiger partial charge in [0.25, 0.3) is 0 Å². The molecule has 0 spiro atoms. The molecule has 0 N–H and O–H groups in total. The maximum absolute atomic E-state index is 10.7. The monoisotopic (exact) mass is 624 g/mol. The van der Waals surface area contributed by atoms with E-state index in [0.717, 1.165) is 30.8 Å². The molecular formula is C18H14F6N4O6S4. The van der Waals surface area contributed by atoms with Gasteiger partial charge < -0.3 is 9.11 Å². The van der Waals surface area contributed by atoms with Crippen molar-refractivity contribution in [3.05, 3.63) is 49.1 Å². The minimum atomic E-state index is -6.09. The molecule has 0 aliphatic heterocycles. The predicted molar refractivity (Wildman–Crippen MR) is 120 cm³/mol. The average Bonchev–Trinajstić information content (AvgIpc) is 3.32. The Labute approximate surface area is 219 Å². The summed E-state index contributed by atoms with van der Waals surface area (Å²) in [4.78, 5) is 11.5. The molecule has 0 saturated heterocycles. The lowest BCUT2D eigenvalue weighted by Crippen LogP contribution is -2.25. The van der Waals surface area contributed by atoms with Crippen LogP contribution in [0.15, 0.2) is 49.1 Å². The predicted octanol–water partition coefficient (Wildman–Crippen LogP) is 2.84. The normalized spacial score (nSPS) is 12.4. The van der Waals surface area contributed by atoms with Crippen molar-refractivity contribution in [2.75, 3.05) is 0 Å². The molecule has 0 saturated carbocycles. The third-order valence-electron chi connectivity index (χ3n) is 3.99. The third kappa shape index (κ3) is 8.63. The molecule has 0 aliphatic carbocycles. The molecule has 0 bridgehead atoms. The lowest BCUT2D eigenvalue weighted by molar-refractivity contribution is -0.671. The van der Waals surface area contributed by atoms with Gasteiger partial charge in [0, 0.05) is 35.4 Å². The summed E-state index contributed by atoms with van der Waals surface area (Å²) < 4.78 is 122. The van der Waals surface area contributed by atoms with Crippen LogP contribution in [0.2, 0.25) is 0 Å². The van der Waals surface area contributed by atoms with E-state index < -0.39 is 31.3 Å². The molecule has 20 heteroatoms. The maximum atomic E-state index is 10.7. The Morgan fingerprint density at radius 1 is 0.658 bits per heavy atom. The minimum absolute atomic E-state index is 1.01. The van der Waals surface area contributed by atoms with Crippen LogP contribution in [0.5, 0.6) is 0 Å². The summed E-state index contributed by atoms with van der Waals surface area (Å²) in [6.07, 6.45) is 8.14. The van der Waals surface area contributed by atoms with E-state index in [2.05, 4.69) is 24.3 Å². The number of alkyl halides is 6. The van der Waals surface area contributed by atoms with Gasteiger partial charge in [0.15, 0.2) is 54.7 Å². The minimum Gasteiger partial charge on any atom is -0.741 e. The second-order valence-electron chi connectivity index (χ2n) is 6.95. The van der Waals surface area contributed by atoms with Gasteiger partial charge in [-0.1, -0.05) is 22.7 Å². The molecule has 0 aromatic carbocycles. The van der Waals surface area contributed by atoms with Crippen LogP contribution >= 0.6 is 22.7 Å². The summed E-state index contributed by atoms with van der Waals surface area (Å²) in [6, 6.07) is 8.34. The molecule has 0 unspecified atom stereocenters. The maximum Gasteiger partial charge on any atom is 0.485 e. The zero-order chi connectivity index (χ0) is 29.1. The summed E-state index contributed by atoms with van der Waals surface area (Å²) >= 11 is 3.30. The van der Waals surface area contributed by atoms with Crippen molar-refractivity contribution in [1.82, 2.24) is 9.97 Å². The molecule has 0 atom stereocenters. The van der Waals surface area contributed by atoms with Crippen LogP contribution in [0.4, 0.5) is 26.3 Å². The van der Waals surface area contributed by atoms with Crippen LogP contribution < -0.4 is 9.13 Å². The van der Waals surface area contributed by atoms with Crippen molar-refractivity contribution in [1.29, 1.82) is 0 Å². The first-order chi connectivity index (χ1) is 17.2. The standard InChI is InChI=1S/C16H14N4S2.2CHF3O3S/c1-19-7-3-11(4-8-19)13-17-15-16(21-13)18-14(22-15)12-5-9-20(2)10-6-12;2*2-1(3,4)8(5,6)7/h3-10H,1-2H3;2*(H,5,6,7)/q+2;;/p-2. The molecule has 4 heterocycles. The number of hydrogen-bond donors (Lipinski definition) is 0. The molecule has 4 aromatic rings. The number of halogens is 6. The van der Waals surface area contributed by atoms with Crippen molar-refractivity contribution >= 4 is 52.6 Å². The zero-order valence-electron chi connectivity index (χ0n) is 18.8. The lowest BCUT2D eigenvalue weighted by atomic mass is 10.3. The largest absolute Gasteiger partial charge is 0.741 e. The van der Waals surface area contributed by atoms with Crippen LogP contribution in [-0.2, 0) is 34.3 Å². The summed E-state index contributed by atoms with van der Waals surface area (Å²) in [5, 5.41) is 2.06. The summed E-state index contributed by atoms with van der Waals surface area (Å²) in [5.41, 5.74) is -9.01. The highest BCUT2D eigenvalue weighted by Crippen LogP contribution is 2.36. The topological polar surface area (TPSA) is 148 Å². The van der Waals surface area contributed by atoms with Gasteiger partial charge in [0.2, 0.25) is 0 Å². The summed E-state index contributed by atoms with van der Waals surface area (Å²) in [6.45, 7) is 0. The molecule has 0 aliphatic rings. The van der Waals surface area contributed by atoms with Crippen LogP contribution in [0.1, 0.15) is 0 Å². The van der Waals surface area contributed by atoms with Crippen LogP contribution in [0.25, 0.3) is 30.8 Å². The van der Waals surface area contributed by atoms with E-state index >= 15 is 0 Å². The molecule has 10 nitrogen and oxygen atoms in total. The first-order valence-electron chi connectivity index (χ1n) is 9.42. The van der Waals surface area contributed by atoms with Crippen LogP contribution in [0.3, 0.4) is 0 Å². The Balaban J connectivity index is 0.000000264. The van der Waals surface area contributed by atoms with Gasteiger partial charge in [-0.2, -0.15) is 26.3 Å². The molecular weight excluding hydrogens is 610 g/mol. The average molecular weight is 625 g/mol. The number of hydrogen-bond acceptors (Lipinski definition) is 10. The fourth-order valence-corrected chi connectivity index (χ4v) is 4.23. The van der Waals surface area contributed by atoms with E-state index in [1.165, 1.54) is 0 Å². The molecule has 4 rings (SSSR count). The van der Waals surface area contributed by atoms with E-state index in [0.29, 0.717) is 0 Å². The molecule has 38 heavy (non-hydrogen) atoms. The molecule has 4 aromatic heterocycles. The van der Waals surface area contributed by atoms with E-state index in [1.54, 1.807) is 22.7 Å². The number of aryl methyl sites for hydroxylation is 2. The highest BCUT2D eigenvalue weighted by molar-refractivity contribution is 7.86. The van der Waals surface area contributed by atoms with Crippen molar-refractivity contribution in [3.63, 3.8) is 0 Å². The highest BCUT2D eigenvalue weighted by Gasteiger charge is 2.37. The first kappa shape index (κ1) is 31.4. The van der Waals surface area contributed by atoms with Crippen molar-refractivity contribution < 1.29 is 61.4 Å². The van der Waals surface area contributed by atoms with E-state index in [1.807, 2.05) is 48.0 Å². The summed E-state index contributed by atoms with van der Waals surface area (Å²) in [5.74, 6) is 0. The van der Waals surface area contributed by atoms with Gasteiger partial charge in [-0.3, -0.25) is 0 Å². The van der Waals surface area contributed by atoms with Gasteiger partial charge in [0.05, 0.1) is 0 Å². The van der Waals surface area contributed by atoms with E-state index in [9.17, 15) is 26.3 Å². The molecule has 0 fully saturated rings. The van der Waals surface area contributed by atoms with Crippen molar-refractivity contribution in [2.24, 2.45) is 14.1 Å². The number of pyridine rings is 2. The second-order valence-corrected chi connectivity index (χ2v) is 11.7. The van der Waals surface area contributed by atoms with Gasteiger partial charge in [-0.05, 0) is 0 Å². The first-order valence-corrected chi connectivity index (χ1v) is 13.9. The van der Waals surface area contributed by atoms with E-state index in [-0.39, 0.29) is 0 Å². The fourth-order valence-electron chi connectivity index (χ4n) is 2.18. The molecule has 0 amide bonds. The number of rotatable bonds is 2. The summed E-state index contributed by atoms with van der Waals surface area (Å²) in [7, 11) is -8.16. The fraction of sp³-hybridized carbons (Fsp3) is 0.222. The number of thiazole rings is 2. The number of aromatic nitrogens is 4. The molecule has 208 valence electrons. The Bertz CT molecular complexity index is 1450. The quantitative estimate of drug-likeness (QED) is 0.143. The van der Waals surface area contributed by atoms with Crippen LogP contribution in [-0.4, -0.2) is 46.9 Å². The Morgan fingerprint density at radius 2 is 0.895 bits per heavy atom. The Morgan fingerprint density at radius 3 is 1.11 bits per heavy atom. The van der Waals surface area contributed by atoms with Crippen molar-refractivity contribution in [3.8, 4) is 21.1 Å². The highest BCUT2D eigenvalue weighted by atomic mass is 32.2. The zero-order valence-corrected chi connectivity index (χ0v) is 22.0. The van der Waals surface area contributed by atoms with Crippen LogP contribution in [0, 0.1) is 0 Å². The number of nitrogens with zero attached hydrogens (tertiary/aromatic N) is 4. The lowest BCUT2D eigenvalue weighted by Gasteiger charge is -2.08. The van der Waals surface area contributed by atoms with Gasteiger partial charge in [0.1, 0.15) is 24.1 Å². The van der Waals surface area contributed by atoms with Crippen molar-refractivity contribution in [2.45, 2.75) is 11.0 Å². The van der Waals surface area contributed by atoms with Gasteiger partial charge in [-0.15, -0.1) is 0 Å². The van der Waals surface area contributed by atoms with E-state index in [4.69, 9.17) is 35.9 Å². The SMILES string of the molecule is C[n+]1ccc(-c2nc3sc(-c4cc[n+](C)cc4)nc3s2)cc1.O=S(=O)([O-])C(F)(F)F.O=S(=O)([O-])C(F)(F)F.